The molecule has 1 fully saturated rings. The maximum atomic E-state index is 12.2. The van der Waals surface area contributed by atoms with Gasteiger partial charge in [0, 0.05) is 11.6 Å². The second-order valence-electron chi connectivity index (χ2n) is 5.53. The van der Waals surface area contributed by atoms with Crippen LogP contribution in [0.3, 0.4) is 0 Å². The fourth-order valence-electron chi connectivity index (χ4n) is 2.16. The van der Waals surface area contributed by atoms with Gasteiger partial charge in [-0.25, -0.2) is 13.1 Å². The molecule has 0 saturated heterocycles. The summed E-state index contributed by atoms with van der Waals surface area (Å²) in [7, 11) is -3.53. The van der Waals surface area contributed by atoms with E-state index in [9.17, 15) is 13.2 Å². The Morgan fingerprint density at radius 3 is 2.38 bits per heavy atom. The third kappa shape index (κ3) is 3.62. The number of benzene rings is 2. The molecule has 1 saturated carbocycles. The third-order valence-corrected chi connectivity index (χ3v) is 5.16. The van der Waals surface area contributed by atoms with Crippen LogP contribution >= 0.6 is 0 Å². The molecule has 0 aromatic heterocycles. The van der Waals surface area contributed by atoms with Gasteiger partial charge in [-0.1, -0.05) is 12.1 Å². The zero-order valence-electron chi connectivity index (χ0n) is 12.7. The average molecular weight is 341 g/mol. The fourth-order valence-corrected chi connectivity index (χ4v) is 3.46. The lowest BCUT2D eigenvalue weighted by molar-refractivity contribution is 0.102. The molecule has 24 heavy (non-hydrogen) atoms. The summed E-state index contributed by atoms with van der Waals surface area (Å²) in [5, 5.41) is 11.7. The van der Waals surface area contributed by atoms with Crippen LogP contribution in [0.5, 0.6) is 0 Å². The van der Waals surface area contributed by atoms with Gasteiger partial charge in [0.1, 0.15) is 6.07 Å². The number of carbonyl (C=O) groups is 1. The molecule has 122 valence electrons. The van der Waals surface area contributed by atoms with Crippen molar-refractivity contribution < 1.29 is 13.2 Å². The first kappa shape index (κ1) is 16.2. The van der Waals surface area contributed by atoms with E-state index in [4.69, 9.17) is 5.26 Å². The summed E-state index contributed by atoms with van der Waals surface area (Å²) in [5.41, 5.74) is 1.09. The van der Waals surface area contributed by atoms with E-state index in [0.29, 0.717) is 16.8 Å². The van der Waals surface area contributed by atoms with E-state index >= 15 is 0 Å². The maximum absolute atomic E-state index is 12.2. The van der Waals surface area contributed by atoms with Crippen LogP contribution in [0.15, 0.2) is 53.4 Å². The second kappa shape index (κ2) is 6.43. The number of hydrogen-bond donors (Lipinski definition) is 2. The van der Waals surface area contributed by atoms with Crippen molar-refractivity contribution in [2.24, 2.45) is 0 Å². The molecule has 0 bridgehead atoms. The van der Waals surface area contributed by atoms with Crippen molar-refractivity contribution in [1.29, 1.82) is 5.26 Å². The molecule has 0 heterocycles. The van der Waals surface area contributed by atoms with Crippen LogP contribution in [0, 0.1) is 11.3 Å². The van der Waals surface area contributed by atoms with E-state index in [1.807, 2.05) is 6.07 Å². The number of carbonyl (C=O) groups excluding carboxylic acids is 1. The van der Waals surface area contributed by atoms with Crippen LogP contribution in [0.1, 0.15) is 28.8 Å². The van der Waals surface area contributed by atoms with Crippen LogP contribution in [-0.2, 0) is 10.0 Å². The molecule has 1 amide bonds. The van der Waals surface area contributed by atoms with Gasteiger partial charge in [0.25, 0.3) is 5.91 Å². The predicted octanol–water partition coefficient (Wildman–Crippen LogP) is 2.25. The van der Waals surface area contributed by atoms with E-state index in [1.165, 1.54) is 24.3 Å². The SMILES string of the molecule is N#Cc1ccccc1NC(=O)c1ccc(S(=O)(=O)NC2CC2)cc1. The summed E-state index contributed by atoms with van der Waals surface area (Å²) in [6, 6.07) is 14.4. The second-order valence-corrected chi connectivity index (χ2v) is 7.25. The van der Waals surface area contributed by atoms with E-state index in [0.717, 1.165) is 12.8 Å². The molecule has 3 rings (SSSR count). The highest BCUT2D eigenvalue weighted by Crippen LogP contribution is 2.22. The number of nitrogens with one attached hydrogen (secondary N) is 2. The number of rotatable bonds is 5. The normalized spacial score (nSPS) is 14.0. The van der Waals surface area contributed by atoms with Crippen molar-refractivity contribution in [3.8, 4) is 6.07 Å². The highest BCUT2D eigenvalue weighted by Gasteiger charge is 2.27. The fraction of sp³-hybridized carbons (Fsp3) is 0.176. The molecular formula is C17H15N3O3S. The van der Waals surface area contributed by atoms with Gasteiger partial charge in [-0.2, -0.15) is 5.26 Å². The zero-order chi connectivity index (χ0) is 17.2. The van der Waals surface area contributed by atoms with Gasteiger partial charge in [0.2, 0.25) is 10.0 Å². The number of anilines is 1. The number of para-hydroxylation sites is 1. The maximum Gasteiger partial charge on any atom is 0.255 e. The minimum absolute atomic E-state index is 0.0282. The first-order chi connectivity index (χ1) is 11.5. The summed E-state index contributed by atoms with van der Waals surface area (Å²) < 4.78 is 26.8. The van der Waals surface area contributed by atoms with Crippen LogP contribution in [0.4, 0.5) is 5.69 Å². The minimum atomic E-state index is -3.53. The Morgan fingerprint density at radius 1 is 1.08 bits per heavy atom. The zero-order valence-corrected chi connectivity index (χ0v) is 13.5. The smallest absolute Gasteiger partial charge is 0.255 e. The van der Waals surface area contributed by atoms with Gasteiger partial charge in [0.15, 0.2) is 0 Å². The molecule has 2 aromatic carbocycles. The summed E-state index contributed by atoms with van der Waals surface area (Å²) in [6.45, 7) is 0. The summed E-state index contributed by atoms with van der Waals surface area (Å²) in [6.07, 6.45) is 1.72. The number of nitrogens with zero attached hydrogens (tertiary/aromatic N) is 1. The highest BCUT2D eigenvalue weighted by atomic mass is 32.2. The first-order valence-corrected chi connectivity index (χ1v) is 8.91. The Morgan fingerprint density at radius 2 is 1.75 bits per heavy atom. The van der Waals surface area contributed by atoms with Gasteiger partial charge < -0.3 is 5.32 Å². The van der Waals surface area contributed by atoms with Crippen molar-refractivity contribution in [3.63, 3.8) is 0 Å². The molecule has 1 aliphatic carbocycles. The topological polar surface area (TPSA) is 99.1 Å². The standard InChI is InChI=1S/C17H15N3O3S/c18-11-13-3-1-2-4-16(13)19-17(21)12-5-9-15(10-6-12)24(22,23)20-14-7-8-14/h1-6,9-10,14,20H,7-8H2,(H,19,21). The minimum Gasteiger partial charge on any atom is -0.321 e. The molecule has 7 heteroatoms. The Hall–Kier alpha value is -2.69. The summed E-state index contributed by atoms with van der Waals surface area (Å²) in [5.74, 6) is -0.406. The van der Waals surface area contributed by atoms with Crippen molar-refractivity contribution in [2.75, 3.05) is 5.32 Å². The quantitative estimate of drug-likeness (QED) is 0.871. The monoisotopic (exact) mass is 341 g/mol. The Bertz CT molecular complexity index is 911. The predicted molar refractivity (Wildman–Crippen MR) is 88.9 cm³/mol. The van der Waals surface area contributed by atoms with Crippen LogP contribution in [0.25, 0.3) is 0 Å². The lowest BCUT2D eigenvalue weighted by Gasteiger charge is -2.08. The van der Waals surface area contributed by atoms with E-state index in [2.05, 4.69) is 10.0 Å². The van der Waals surface area contributed by atoms with Crippen molar-refractivity contribution >= 4 is 21.6 Å². The molecule has 1 aliphatic rings. The average Bonchev–Trinajstić information content (AvgIpc) is 3.38. The number of hydrogen-bond acceptors (Lipinski definition) is 4. The molecule has 0 atom stereocenters. The van der Waals surface area contributed by atoms with Crippen LogP contribution < -0.4 is 10.0 Å². The largest absolute Gasteiger partial charge is 0.321 e. The number of nitriles is 1. The lowest BCUT2D eigenvalue weighted by Crippen LogP contribution is -2.25. The van der Waals surface area contributed by atoms with Crippen molar-refractivity contribution in [3.05, 3.63) is 59.7 Å². The summed E-state index contributed by atoms with van der Waals surface area (Å²) >= 11 is 0. The Kier molecular flexibility index (Phi) is 4.34. The molecule has 0 radical (unpaired) electrons. The van der Waals surface area contributed by atoms with Gasteiger partial charge in [-0.15, -0.1) is 0 Å². The van der Waals surface area contributed by atoms with Gasteiger partial charge in [-0.05, 0) is 49.2 Å². The number of sulfonamides is 1. The van der Waals surface area contributed by atoms with Crippen LogP contribution in [0.2, 0.25) is 0 Å². The molecule has 0 aliphatic heterocycles. The van der Waals surface area contributed by atoms with Crippen molar-refractivity contribution in [1.82, 2.24) is 4.72 Å². The van der Waals surface area contributed by atoms with Crippen molar-refractivity contribution in [2.45, 2.75) is 23.8 Å². The van der Waals surface area contributed by atoms with Gasteiger partial charge in [0.05, 0.1) is 16.1 Å². The van der Waals surface area contributed by atoms with Gasteiger partial charge >= 0.3 is 0 Å². The Labute approximate surface area is 140 Å². The van der Waals surface area contributed by atoms with E-state index < -0.39 is 15.9 Å². The summed E-state index contributed by atoms with van der Waals surface area (Å²) in [4.78, 5) is 12.4. The molecule has 0 spiro atoms. The van der Waals surface area contributed by atoms with E-state index in [1.54, 1.807) is 24.3 Å². The van der Waals surface area contributed by atoms with Crippen LogP contribution in [-0.4, -0.2) is 20.4 Å². The third-order valence-electron chi connectivity index (χ3n) is 3.62. The Balaban J connectivity index is 1.75. The highest BCUT2D eigenvalue weighted by molar-refractivity contribution is 7.89. The first-order valence-electron chi connectivity index (χ1n) is 7.42. The lowest BCUT2D eigenvalue weighted by atomic mass is 10.1. The molecule has 0 unspecified atom stereocenters. The molecule has 2 N–H and O–H groups in total. The number of amides is 1. The molecule has 2 aromatic rings. The van der Waals surface area contributed by atoms with Gasteiger partial charge in [-0.3, -0.25) is 4.79 Å². The van der Waals surface area contributed by atoms with E-state index in [-0.39, 0.29) is 10.9 Å². The molecular weight excluding hydrogens is 326 g/mol. The molecule has 6 nitrogen and oxygen atoms in total.